The van der Waals surface area contributed by atoms with Crippen molar-refractivity contribution in [2.45, 2.75) is 19.0 Å². The Bertz CT molecular complexity index is 613. The van der Waals surface area contributed by atoms with Gasteiger partial charge < -0.3 is 9.64 Å². The van der Waals surface area contributed by atoms with Crippen molar-refractivity contribution >= 4 is 11.6 Å². The monoisotopic (exact) mass is 292 g/mol. The van der Waals surface area contributed by atoms with Crippen LogP contribution in [0.4, 0.5) is 0 Å². The van der Waals surface area contributed by atoms with Gasteiger partial charge >= 0.3 is 0 Å². The molecule has 3 heterocycles. The number of likely N-dealkylation sites (tertiary alicyclic amines) is 1. The Morgan fingerprint density at radius 3 is 2.95 bits per heavy atom. The van der Waals surface area contributed by atoms with Crippen LogP contribution in [0.2, 0.25) is 5.15 Å². The molecule has 2 aromatic rings. The lowest BCUT2D eigenvalue weighted by Gasteiger charge is -2.37. The summed E-state index contributed by atoms with van der Waals surface area (Å²) >= 11 is 5.88. The van der Waals surface area contributed by atoms with Gasteiger partial charge in [-0.25, -0.2) is 4.98 Å². The van der Waals surface area contributed by atoms with E-state index in [-0.39, 0.29) is 0 Å². The fourth-order valence-corrected chi connectivity index (χ4v) is 2.57. The molecule has 2 aromatic heterocycles. The van der Waals surface area contributed by atoms with Gasteiger partial charge in [0.25, 0.3) is 0 Å². The van der Waals surface area contributed by atoms with E-state index in [1.165, 1.54) is 13.0 Å². The van der Waals surface area contributed by atoms with Crippen LogP contribution in [-0.2, 0) is 6.54 Å². The molecule has 0 saturated carbocycles. The van der Waals surface area contributed by atoms with Crippen molar-refractivity contribution in [2.75, 3.05) is 20.7 Å². The van der Waals surface area contributed by atoms with Crippen LogP contribution in [0, 0.1) is 0 Å². The van der Waals surface area contributed by atoms with Gasteiger partial charge in [-0.05, 0) is 20.0 Å². The second-order valence-electron chi connectivity index (χ2n) is 5.08. The maximum atomic E-state index is 5.88. The molecule has 1 atom stereocenters. The molecule has 0 bridgehead atoms. The summed E-state index contributed by atoms with van der Waals surface area (Å²) in [6.45, 7) is 2.09. The summed E-state index contributed by atoms with van der Waals surface area (Å²) in [4.78, 5) is 6.45. The highest BCUT2D eigenvalue weighted by atomic mass is 35.5. The Labute approximate surface area is 123 Å². The predicted octanol–water partition coefficient (Wildman–Crippen LogP) is 2.31. The van der Waals surface area contributed by atoms with E-state index in [1.54, 1.807) is 19.4 Å². The van der Waals surface area contributed by atoms with Crippen molar-refractivity contribution in [3.63, 3.8) is 0 Å². The smallest absolute Gasteiger partial charge is 0.132 e. The minimum atomic E-state index is 0.425. The lowest BCUT2D eigenvalue weighted by Crippen LogP contribution is -2.47. The topological polar surface area (TPSA) is 43.2 Å². The van der Waals surface area contributed by atoms with Gasteiger partial charge in [-0.1, -0.05) is 11.6 Å². The van der Waals surface area contributed by atoms with E-state index in [2.05, 4.69) is 22.0 Å². The second-order valence-corrected chi connectivity index (χ2v) is 5.47. The first-order valence-corrected chi connectivity index (χ1v) is 6.98. The number of halogens is 1. The second kappa shape index (κ2) is 5.42. The van der Waals surface area contributed by atoms with Gasteiger partial charge in [0.05, 0.1) is 19.9 Å². The molecule has 1 saturated heterocycles. The minimum absolute atomic E-state index is 0.425. The number of ether oxygens (including phenoxy) is 1. The Kier molecular flexibility index (Phi) is 3.63. The zero-order valence-corrected chi connectivity index (χ0v) is 12.3. The van der Waals surface area contributed by atoms with Crippen LogP contribution in [0.25, 0.3) is 11.1 Å². The van der Waals surface area contributed by atoms with Crippen LogP contribution in [0.1, 0.15) is 6.42 Å². The largest absolute Gasteiger partial charge is 0.496 e. The Hall–Kier alpha value is -1.59. The van der Waals surface area contributed by atoms with E-state index in [1.807, 2.05) is 17.1 Å². The van der Waals surface area contributed by atoms with E-state index in [9.17, 15) is 0 Å². The van der Waals surface area contributed by atoms with Gasteiger partial charge in [-0.3, -0.25) is 4.68 Å². The molecule has 6 heteroatoms. The number of hydrogen-bond donors (Lipinski definition) is 0. The molecule has 106 valence electrons. The lowest BCUT2D eigenvalue weighted by atomic mass is 10.1. The average molecular weight is 293 g/mol. The molecular weight excluding hydrogens is 276 g/mol. The summed E-state index contributed by atoms with van der Waals surface area (Å²) in [5.74, 6) is 0.713. The van der Waals surface area contributed by atoms with Crippen molar-refractivity contribution in [3.8, 4) is 16.9 Å². The maximum Gasteiger partial charge on any atom is 0.132 e. The number of hydrogen-bond acceptors (Lipinski definition) is 4. The Balaban J connectivity index is 1.82. The number of pyridine rings is 1. The predicted molar refractivity (Wildman–Crippen MR) is 78.1 cm³/mol. The molecule has 20 heavy (non-hydrogen) atoms. The van der Waals surface area contributed by atoms with Crippen molar-refractivity contribution in [2.24, 2.45) is 0 Å². The van der Waals surface area contributed by atoms with E-state index in [4.69, 9.17) is 16.3 Å². The molecule has 0 amide bonds. The number of rotatable bonds is 4. The highest BCUT2D eigenvalue weighted by Gasteiger charge is 2.24. The first-order valence-electron chi connectivity index (χ1n) is 6.60. The summed E-state index contributed by atoms with van der Waals surface area (Å²) < 4.78 is 7.33. The van der Waals surface area contributed by atoms with E-state index >= 15 is 0 Å². The van der Waals surface area contributed by atoms with Crippen LogP contribution < -0.4 is 4.74 Å². The SMILES string of the molecule is COc1cc(Cl)ncc1-c1cnn(C[C@H]2CCN2C)c1. The van der Waals surface area contributed by atoms with Gasteiger partial charge in [0.15, 0.2) is 0 Å². The summed E-state index contributed by atoms with van der Waals surface area (Å²) in [5.41, 5.74) is 1.90. The third-order valence-electron chi connectivity index (χ3n) is 3.83. The summed E-state index contributed by atoms with van der Waals surface area (Å²) in [7, 11) is 3.77. The molecule has 0 N–H and O–H groups in total. The summed E-state index contributed by atoms with van der Waals surface area (Å²) in [5, 5.41) is 4.85. The van der Waals surface area contributed by atoms with Crippen molar-refractivity contribution in [1.82, 2.24) is 19.7 Å². The Morgan fingerprint density at radius 1 is 1.45 bits per heavy atom. The minimum Gasteiger partial charge on any atom is -0.496 e. The van der Waals surface area contributed by atoms with Crippen molar-refractivity contribution in [1.29, 1.82) is 0 Å². The third-order valence-corrected chi connectivity index (χ3v) is 4.04. The first kappa shape index (κ1) is 13.4. The quantitative estimate of drug-likeness (QED) is 0.811. The van der Waals surface area contributed by atoms with E-state index < -0.39 is 0 Å². The van der Waals surface area contributed by atoms with Gasteiger partial charge in [0, 0.05) is 35.6 Å². The number of aromatic nitrogens is 3. The zero-order chi connectivity index (χ0) is 14.1. The van der Waals surface area contributed by atoms with Gasteiger partial charge in [0.2, 0.25) is 0 Å². The van der Waals surface area contributed by atoms with Gasteiger partial charge in [-0.15, -0.1) is 0 Å². The first-order chi connectivity index (χ1) is 9.67. The molecule has 3 rings (SSSR count). The van der Waals surface area contributed by atoms with Crippen molar-refractivity contribution < 1.29 is 4.74 Å². The molecule has 0 spiro atoms. The van der Waals surface area contributed by atoms with Gasteiger partial charge in [0.1, 0.15) is 10.9 Å². The fraction of sp³-hybridized carbons (Fsp3) is 0.429. The van der Waals surface area contributed by atoms with Crippen LogP contribution >= 0.6 is 11.6 Å². The number of methoxy groups -OCH3 is 1. The zero-order valence-electron chi connectivity index (χ0n) is 11.6. The van der Waals surface area contributed by atoms with Gasteiger partial charge in [-0.2, -0.15) is 5.10 Å². The molecule has 0 unspecified atom stereocenters. The molecule has 0 aromatic carbocycles. The molecule has 1 fully saturated rings. The van der Waals surface area contributed by atoms with Crippen LogP contribution in [0.3, 0.4) is 0 Å². The maximum absolute atomic E-state index is 5.88. The molecule has 1 aliphatic rings. The third kappa shape index (κ3) is 2.51. The Morgan fingerprint density at radius 2 is 2.30 bits per heavy atom. The van der Waals surface area contributed by atoms with Crippen LogP contribution in [0.5, 0.6) is 5.75 Å². The molecule has 0 aliphatic carbocycles. The summed E-state index contributed by atoms with van der Waals surface area (Å²) in [6.07, 6.45) is 6.82. The standard InChI is InChI=1S/C14H17ClN4O/c1-18-4-3-11(18)9-19-8-10(6-17-19)12-7-16-14(15)5-13(12)20-2/h5-8,11H,3-4,9H2,1-2H3/t11-/m1/s1. The fourth-order valence-electron chi connectivity index (χ4n) is 2.42. The van der Waals surface area contributed by atoms with Crippen molar-refractivity contribution in [3.05, 3.63) is 29.8 Å². The summed E-state index contributed by atoms with van der Waals surface area (Å²) in [6, 6.07) is 2.31. The molecule has 5 nitrogen and oxygen atoms in total. The van der Waals surface area contributed by atoms with Crippen LogP contribution in [0.15, 0.2) is 24.7 Å². The molecular formula is C14H17ClN4O. The highest BCUT2D eigenvalue weighted by Crippen LogP contribution is 2.30. The number of nitrogens with zero attached hydrogens (tertiary/aromatic N) is 4. The highest BCUT2D eigenvalue weighted by molar-refractivity contribution is 6.29. The molecule has 0 radical (unpaired) electrons. The normalized spacial score (nSPS) is 18.9. The van der Waals surface area contributed by atoms with E-state index in [0.29, 0.717) is 16.9 Å². The molecule has 1 aliphatic heterocycles. The van der Waals surface area contributed by atoms with E-state index in [0.717, 1.165) is 17.7 Å². The lowest BCUT2D eigenvalue weighted by molar-refractivity contribution is 0.107. The number of likely N-dealkylation sites (N-methyl/N-ethyl adjacent to an activating group) is 1. The average Bonchev–Trinajstić information content (AvgIpc) is 2.91. The van der Waals surface area contributed by atoms with Crippen LogP contribution in [-0.4, -0.2) is 46.4 Å².